The summed E-state index contributed by atoms with van der Waals surface area (Å²) in [7, 11) is 1.96. The zero-order chi connectivity index (χ0) is 13.1. The Morgan fingerprint density at radius 2 is 2.22 bits per heavy atom. The lowest BCUT2D eigenvalue weighted by Crippen LogP contribution is -2.11. The lowest BCUT2D eigenvalue weighted by atomic mass is 10.2. The van der Waals surface area contributed by atoms with E-state index in [1.807, 2.05) is 29.5 Å². The van der Waals surface area contributed by atoms with Gasteiger partial charge in [-0.1, -0.05) is 0 Å². The van der Waals surface area contributed by atoms with E-state index in [2.05, 4.69) is 41.6 Å². The first-order chi connectivity index (χ1) is 8.63. The molecule has 0 radical (unpaired) electrons. The van der Waals surface area contributed by atoms with Gasteiger partial charge in [0.05, 0.1) is 24.1 Å². The average molecular weight is 247 g/mol. The molecule has 0 saturated heterocycles. The average Bonchev–Trinajstić information content (AvgIpc) is 2.95. The molecule has 2 heterocycles. The van der Waals surface area contributed by atoms with E-state index < -0.39 is 0 Å². The van der Waals surface area contributed by atoms with Crippen LogP contribution in [0.3, 0.4) is 0 Å². The third-order valence-corrected chi connectivity index (χ3v) is 3.20. The van der Waals surface area contributed by atoms with E-state index in [0.717, 1.165) is 18.8 Å². The molecule has 2 rings (SSSR count). The SMILES string of the molecule is CCn1nc(C)cc1Cn1cc(C(C)NC)cn1. The number of aryl methyl sites for hydroxylation is 2. The highest BCUT2D eigenvalue weighted by molar-refractivity contribution is 5.12. The van der Waals surface area contributed by atoms with Crippen molar-refractivity contribution in [1.82, 2.24) is 24.9 Å². The lowest BCUT2D eigenvalue weighted by molar-refractivity contribution is 0.574. The summed E-state index contributed by atoms with van der Waals surface area (Å²) in [5.74, 6) is 0. The Morgan fingerprint density at radius 1 is 1.44 bits per heavy atom. The largest absolute Gasteiger partial charge is 0.313 e. The predicted octanol–water partition coefficient (Wildman–Crippen LogP) is 1.74. The Labute approximate surface area is 108 Å². The normalized spacial score (nSPS) is 12.9. The second kappa shape index (κ2) is 5.35. The lowest BCUT2D eigenvalue weighted by Gasteiger charge is -2.06. The van der Waals surface area contributed by atoms with Crippen LogP contribution in [-0.2, 0) is 13.1 Å². The molecule has 98 valence electrons. The van der Waals surface area contributed by atoms with Crippen molar-refractivity contribution >= 4 is 0 Å². The van der Waals surface area contributed by atoms with Crippen molar-refractivity contribution in [3.05, 3.63) is 35.4 Å². The number of hydrogen-bond donors (Lipinski definition) is 1. The second-order valence-corrected chi connectivity index (χ2v) is 4.57. The van der Waals surface area contributed by atoms with Crippen LogP contribution in [0.25, 0.3) is 0 Å². The molecule has 0 aliphatic rings. The molecule has 0 saturated carbocycles. The molecular weight excluding hydrogens is 226 g/mol. The van der Waals surface area contributed by atoms with Crippen molar-refractivity contribution in [3.63, 3.8) is 0 Å². The standard InChI is InChI=1S/C13H21N5/c1-5-18-13(6-10(2)16-18)9-17-8-12(7-15-17)11(3)14-4/h6-8,11,14H,5,9H2,1-4H3. The van der Waals surface area contributed by atoms with Crippen molar-refractivity contribution in [2.75, 3.05) is 7.05 Å². The summed E-state index contributed by atoms with van der Waals surface area (Å²) in [5.41, 5.74) is 3.46. The van der Waals surface area contributed by atoms with E-state index in [0.29, 0.717) is 6.04 Å². The van der Waals surface area contributed by atoms with E-state index in [1.54, 1.807) is 0 Å². The fourth-order valence-corrected chi connectivity index (χ4v) is 2.02. The van der Waals surface area contributed by atoms with Crippen LogP contribution in [0.4, 0.5) is 0 Å². The molecule has 0 bridgehead atoms. The van der Waals surface area contributed by atoms with Crippen LogP contribution in [0.2, 0.25) is 0 Å². The zero-order valence-electron chi connectivity index (χ0n) is 11.5. The van der Waals surface area contributed by atoms with Crippen LogP contribution in [0.15, 0.2) is 18.5 Å². The van der Waals surface area contributed by atoms with Crippen molar-refractivity contribution in [3.8, 4) is 0 Å². The smallest absolute Gasteiger partial charge is 0.0828 e. The van der Waals surface area contributed by atoms with Crippen molar-refractivity contribution in [1.29, 1.82) is 0 Å². The maximum absolute atomic E-state index is 4.45. The zero-order valence-corrected chi connectivity index (χ0v) is 11.5. The number of nitrogens with zero attached hydrogens (tertiary/aromatic N) is 4. The molecule has 18 heavy (non-hydrogen) atoms. The van der Waals surface area contributed by atoms with Gasteiger partial charge in [0.15, 0.2) is 0 Å². The Balaban J connectivity index is 2.15. The van der Waals surface area contributed by atoms with Gasteiger partial charge in [0.1, 0.15) is 0 Å². The summed E-state index contributed by atoms with van der Waals surface area (Å²) >= 11 is 0. The molecule has 5 nitrogen and oxygen atoms in total. The molecule has 1 unspecified atom stereocenters. The Bertz CT molecular complexity index is 511. The minimum atomic E-state index is 0.330. The molecule has 0 aromatic carbocycles. The fraction of sp³-hybridized carbons (Fsp3) is 0.538. The molecule has 0 amide bonds. The third-order valence-electron chi connectivity index (χ3n) is 3.20. The highest BCUT2D eigenvalue weighted by Crippen LogP contribution is 2.12. The molecule has 0 aliphatic carbocycles. The summed E-state index contributed by atoms with van der Waals surface area (Å²) in [6, 6.07) is 2.45. The third kappa shape index (κ3) is 2.61. The number of rotatable bonds is 5. The van der Waals surface area contributed by atoms with Crippen LogP contribution in [0, 0.1) is 6.92 Å². The van der Waals surface area contributed by atoms with E-state index in [-0.39, 0.29) is 0 Å². The van der Waals surface area contributed by atoms with E-state index in [9.17, 15) is 0 Å². The number of nitrogens with one attached hydrogen (secondary N) is 1. The van der Waals surface area contributed by atoms with Gasteiger partial charge in [0, 0.05) is 24.3 Å². The Kier molecular flexibility index (Phi) is 3.81. The fourth-order valence-electron chi connectivity index (χ4n) is 2.02. The molecule has 2 aromatic heterocycles. The molecule has 2 aromatic rings. The number of hydrogen-bond acceptors (Lipinski definition) is 3. The van der Waals surface area contributed by atoms with Gasteiger partial charge in [-0.05, 0) is 33.9 Å². The molecule has 1 atom stereocenters. The maximum Gasteiger partial charge on any atom is 0.0828 e. The first kappa shape index (κ1) is 12.8. The summed E-state index contributed by atoms with van der Waals surface area (Å²) in [5, 5.41) is 12.1. The molecule has 0 spiro atoms. The van der Waals surface area contributed by atoms with Gasteiger partial charge in [-0.2, -0.15) is 10.2 Å². The number of aromatic nitrogens is 4. The van der Waals surface area contributed by atoms with Crippen molar-refractivity contribution in [2.45, 2.75) is 39.9 Å². The van der Waals surface area contributed by atoms with Gasteiger partial charge >= 0.3 is 0 Å². The minimum absolute atomic E-state index is 0.330. The van der Waals surface area contributed by atoms with Gasteiger partial charge in [-0.25, -0.2) is 0 Å². The quantitative estimate of drug-likeness (QED) is 0.875. The van der Waals surface area contributed by atoms with Crippen LogP contribution >= 0.6 is 0 Å². The molecule has 0 fully saturated rings. The second-order valence-electron chi connectivity index (χ2n) is 4.57. The van der Waals surface area contributed by atoms with Crippen molar-refractivity contribution in [2.24, 2.45) is 0 Å². The predicted molar refractivity (Wildman–Crippen MR) is 71.4 cm³/mol. The maximum atomic E-state index is 4.45. The van der Waals surface area contributed by atoms with Gasteiger partial charge < -0.3 is 5.32 Å². The first-order valence-corrected chi connectivity index (χ1v) is 6.37. The van der Waals surface area contributed by atoms with E-state index in [4.69, 9.17) is 0 Å². The molecule has 5 heteroatoms. The van der Waals surface area contributed by atoms with Crippen LogP contribution in [-0.4, -0.2) is 26.6 Å². The topological polar surface area (TPSA) is 47.7 Å². The van der Waals surface area contributed by atoms with E-state index in [1.165, 1.54) is 11.3 Å². The Hall–Kier alpha value is -1.62. The highest BCUT2D eigenvalue weighted by Gasteiger charge is 2.08. The van der Waals surface area contributed by atoms with Crippen LogP contribution in [0.1, 0.15) is 36.8 Å². The van der Waals surface area contributed by atoms with Gasteiger partial charge in [0.25, 0.3) is 0 Å². The van der Waals surface area contributed by atoms with Crippen LogP contribution in [0.5, 0.6) is 0 Å². The minimum Gasteiger partial charge on any atom is -0.313 e. The monoisotopic (exact) mass is 247 g/mol. The summed E-state index contributed by atoms with van der Waals surface area (Å²) in [4.78, 5) is 0. The molecule has 1 N–H and O–H groups in total. The first-order valence-electron chi connectivity index (χ1n) is 6.37. The van der Waals surface area contributed by atoms with Gasteiger partial charge in [0.2, 0.25) is 0 Å². The molecular formula is C13H21N5. The van der Waals surface area contributed by atoms with Gasteiger partial charge in [-0.15, -0.1) is 0 Å². The van der Waals surface area contributed by atoms with E-state index >= 15 is 0 Å². The van der Waals surface area contributed by atoms with Crippen LogP contribution < -0.4 is 5.32 Å². The summed E-state index contributed by atoms with van der Waals surface area (Å²) in [6.45, 7) is 7.91. The Morgan fingerprint density at radius 3 is 2.89 bits per heavy atom. The van der Waals surface area contributed by atoms with Crippen molar-refractivity contribution < 1.29 is 0 Å². The summed E-state index contributed by atoms with van der Waals surface area (Å²) in [6.07, 6.45) is 4.00. The van der Waals surface area contributed by atoms with Gasteiger partial charge in [-0.3, -0.25) is 9.36 Å². The highest BCUT2D eigenvalue weighted by atomic mass is 15.3. The molecule has 0 aliphatic heterocycles. The summed E-state index contributed by atoms with van der Waals surface area (Å²) < 4.78 is 3.99.